The van der Waals surface area contributed by atoms with Crippen LogP contribution in [0.1, 0.15) is 52.9 Å². The van der Waals surface area contributed by atoms with Gasteiger partial charge in [0.2, 0.25) is 0 Å². The predicted octanol–water partition coefficient (Wildman–Crippen LogP) is 2.53. The van der Waals surface area contributed by atoms with Gasteiger partial charge < -0.3 is 4.90 Å². The van der Waals surface area contributed by atoms with Crippen LogP contribution in [-0.2, 0) is 0 Å². The molecule has 1 fully saturated rings. The molecule has 1 saturated carbocycles. The Labute approximate surface area is 106 Å². The number of hydrogen-bond acceptors (Lipinski definition) is 3. The zero-order valence-corrected chi connectivity index (χ0v) is 11.6. The topological polar surface area (TPSA) is 39.1 Å². The molecule has 3 heteroatoms. The fourth-order valence-electron chi connectivity index (χ4n) is 2.53. The molecule has 0 aliphatic heterocycles. The van der Waals surface area contributed by atoms with E-state index in [4.69, 9.17) is 0 Å². The van der Waals surface area contributed by atoms with E-state index in [0.29, 0.717) is 0 Å². The second-order valence-electron chi connectivity index (χ2n) is 5.04. The predicted molar refractivity (Wildman–Crippen MR) is 71.8 cm³/mol. The molecule has 1 aliphatic carbocycles. The van der Waals surface area contributed by atoms with Gasteiger partial charge >= 0.3 is 0 Å². The Balaban J connectivity index is 2.33. The van der Waals surface area contributed by atoms with Crippen LogP contribution in [0.15, 0.2) is 0 Å². The molecule has 0 heterocycles. The smallest absolute Gasteiger partial charge is 0.106 e. The Morgan fingerprint density at radius 3 is 2.47 bits per heavy atom. The highest BCUT2D eigenvalue weighted by Gasteiger charge is 2.29. The lowest BCUT2D eigenvalue weighted by Gasteiger charge is -2.28. The third kappa shape index (κ3) is 4.29. The third-order valence-electron chi connectivity index (χ3n) is 3.85. The van der Waals surface area contributed by atoms with E-state index in [1.807, 2.05) is 0 Å². The molecule has 1 N–H and O–H groups in total. The standard InChI is InChI=1S/C14H27N3/c1-4-14(12-15,16-5-2)10-7-11-17(6-3)13-8-9-13/h13,16H,4-11H2,1-3H3. The number of nitriles is 1. The Hall–Kier alpha value is -0.590. The van der Waals surface area contributed by atoms with Crippen molar-refractivity contribution in [3.05, 3.63) is 0 Å². The molecule has 1 rings (SSSR count). The van der Waals surface area contributed by atoms with Crippen LogP contribution < -0.4 is 5.32 Å². The van der Waals surface area contributed by atoms with E-state index in [9.17, 15) is 5.26 Å². The van der Waals surface area contributed by atoms with Crippen molar-refractivity contribution in [2.45, 2.75) is 64.5 Å². The van der Waals surface area contributed by atoms with E-state index < -0.39 is 0 Å². The van der Waals surface area contributed by atoms with Crippen molar-refractivity contribution in [2.75, 3.05) is 19.6 Å². The van der Waals surface area contributed by atoms with Crippen molar-refractivity contribution >= 4 is 0 Å². The van der Waals surface area contributed by atoms with Gasteiger partial charge in [-0.3, -0.25) is 5.32 Å². The number of rotatable bonds is 9. The average Bonchev–Trinajstić information content (AvgIpc) is 3.17. The summed E-state index contributed by atoms with van der Waals surface area (Å²) in [5.41, 5.74) is -0.294. The van der Waals surface area contributed by atoms with Crippen LogP contribution in [0.3, 0.4) is 0 Å². The third-order valence-corrected chi connectivity index (χ3v) is 3.85. The molecule has 1 atom stereocenters. The minimum absolute atomic E-state index is 0.294. The highest BCUT2D eigenvalue weighted by molar-refractivity contribution is 5.06. The molecule has 17 heavy (non-hydrogen) atoms. The van der Waals surface area contributed by atoms with Crippen LogP contribution in [-0.4, -0.2) is 36.1 Å². The van der Waals surface area contributed by atoms with Gasteiger partial charge in [-0.15, -0.1) is 0 Å². The fraction of sp³-hybridized carbons (Fsp3) is 0.929. The van der Waals surface area contributed by atoms with Gasteiger partial charge in [-0.25, -0.2) is 0 Å². The maximum atomic E-state index is 9.33. The summed E-state index contributed by atoms with van der Waals surface area (Å²) >= 11 is 0. The lowest BCUT2D eigenvalue weighted by molar-refractivity contribution is 0.255. The van der Waals surface area contributed by atoms with Crippen molar-refractivity contribution in [1.82, 2.24) is 10.2 Å². The summed E-state index contributed by atoms with van der Waals surface area (Å²) in [6, 6.07) is 3.32. The molecule has 3 nitrogen and oxygen atoms in total. The summed E-state index contributed by atoms with van der Waals surface area (Å²) in [5.74, 6) is 0. The first-order valence-corrected chi connectivity index (χ1v) is 7.11. The molecule has 1 aliphatic rings. The summed E-state index contributed by atoms with van der Waals surface area (Å²) in [6.07, 6.45) is 5.74. The summed E-state index contributed by atoms with van der Waals surface area (Å²) in [7, 11) is 0. The van der Waals surface area contributed by atoms with Gasteiger partial charge in [-0.05, 0) is 51.7 Å². The lowest BCUT2D eigenvalue weighted by atomic mass is 9.92. The summed E-state index contributed by atoms with van der Waals surface area (Å²) < 4.78 is 0. The minimum atomic E-state index is -0.294. The fourth-order valence-corrected chi connectivity index (χ4v) is 2.53. The molecule has 0 amide bonds. The van der Waals surface area contributed by atoms with Gasteiger partial charge in [0.1, 0.15) is 5.54 Å². The van der Waals surface area contributed by atoms with Crippen LogP contribution in [0.4, 0.5) is 0 Å². The van der Waals surface area contributed by atoms with Crippen LogP contribution in [0.2, 0.25) is 0 Å². The van der Waals surface area contributed by atoms with E-state index >= 15 is 0 Å². The molecule has 0 spiro atoms. The Morgan fingerprint density at radius 2 is 2.06 bits per heavy atom. The highest BCUT2D eigenvalue weighted by atomic mass is 15.2. The van der Waals surface area contributed by atoms with Crippen molar-refractivity contribution in [3.63, 3.8) is 0 Å². The molecule has 0 aromatic rings. The quantitative estimate of drug-likeness (QED) is 0.670. The van der Waals surface area contributed by atoms with Gasteiger partial charge in [-0.1, -0.05) is 20.8 Å². The lowest BCUT2D eigenvalue weighted by Crippen LogP contribution is -2.44. The normalized spacial score (nSPS) is 19.0. The maximum Gasteiger partial charge on any atom is 0.106 e. The Kier molecular flexibility index (Phi) is 5.94. The van der Waals surface area contributed by atoms with Crippen LogP contribution >= 0.6 is 0 Å². The number of hydrogen-bond donors (Lipinski definition) is 1. The van der Waals surface area contributed by atoms with Crippen molar-refractivity contribution in [2.24, 2.45) is 0 Å². The Morgan fingerprint density at radius 1 is 1.35 bits per heavy atom. The average molecular weight is 237 g/mol. The summed E-state index contributed by atoms with van der Waals surface area (Å²) in [6.45, 7) is 9.59. The summed E-state index contributed by atoms with van der Waals surface area (Å²) in [5, 5.41) is 12.7. The van der Waals surface area contributed by atoms with Crippen molar-refractivity contribution in [1.29, 1.82) is 5.26 Å². The van der Waals surface area contributed by atoms with E-state index in [1.54, 1.807) is 0 Å². The molecular formula is C14H27N3. The van der Waals surface area contributed by atoms with Gasteiger partial charge in [0.25, 0.3) is 0 Å². The molecule has 0 saturated heterocycles. The largest absolute Gasteiger partial charge is 0.301 e. The second kappa shape index (κ2) is 6.98. The molecule has 0 radical (unpaired) electrons. The molecular weight excluding hydrogens is 210 g/mol. The minimum Gasteiger partial charge on any atom is -0.301 e. The zero-order chi connectivity index (χ0) is 12.7. The molecule has 0 bridgehead atoms. The first-order valence-electron chi connectivity index (χ1n) is 7.11. The SMILES string of the molecule is CCNC(C#N)(CC)CCCN(CC)C1CC1. The van der Waals surface area contributed by atoms with Crippen LogP contribution in [0.5, 0.6) is 0 Å². The first-order chi connectivity index (χ1) is 8.21. The van der Waals surface area contributed by atoms with Crippen molar-refractivity contribution < 1.29 is 0 Å². The number of nitrogens with one attached hydrogen (secondary N) is 1. The molecule has 1 unspecified atom stereocenters. The zero-order valence-electron chi connectivity index (χ0n) is 11.6. The molecule has 0 aromatic heterocycles. The van der Waals surface area contributed by atoms with Crippen LogP contribution in [0.25, 0.3) is 0 Å². The summed E-state index contributed by atoms with van der Waals surface area (Å²) in [4.78, 5) is 2.56. The molecule has 0 aromatic carbocycles. The molecule has 98 valence electrons. The number of nitrogens with zero attached hydrogens (tertiary/aromatic N) is 2. The van der Waals surface area contributed by atoms with Gasteiger partial charge in [0, 0.05) is 6.04 Å². The second-order valence-corrected chi connectivity index (χ2v) is 5.04. The van der Waals surface area contributed by atoms with Crippen LogP contribution in [0, 0.1) is 11.3 Å². The van der Waals surface area contributed by atoms with E-state index in [1.165, 1.54) is 12.8 Å². The van der Waals surface area contributed by atoms with Gasteiger partial charge in [0.15, 0.2) is 0 Å². The highest BCUT2D eigenvalue weighted by Crippen LogP contribution is 2.27. The monoisotopic (exact) mass is 237 g/mol. The van der Waals surface area contributed by atoms with E-state index in [-0.39, 0.29) is 5.54 Å². The van der Waals surface area contributed by atoms with Crippen molar-refractivity contribution in [3.8, 4) is 6.07 Å². The van der Waals surface area contributed by atoms with Gasteiger partial charge in [0.05, 0.1) is 6.07 Å². The van der Waals surface area contributed by atoms with Gasteiger partial charge in [-0.2, -0.15) is 5.26 Å². The maximum absolute atomic E-state index is 9.33. The van der Waals surface area contributed by atoms with E-state index in [2.05, 4.69) is 37.1 Å². The Bertz CT molecular complexity index is 255. The van der Waals surface area contributed by atoms with E-state index in [0.717, 1.165) is 44.9 Å². The first kappa shape index (κ1) is 14.5.